The Morgan fingerprint density at radius 2 is 1.80 bits per heavy atom. The topological polar surface area (TPSA) is 21.3 Å². The van der Waals surface area contributed by atoms with Crippen molar-refractivity contribution >= 4 is 0 Å². The van der Waals surface area contributed by atoms with E-state index in [1.807, 2.05) is 32.0 Å². The second-order valence-electron chi connectivity index (χ2n) is 4.82. The molecule has 1 N–H and O–H groups in total. The SMILES string of the molecule is CC(C)NCc1ccccc1Oc1ccc(F)cc1F. The van der Waals surface area contributed by atoms with Gasteiger partial charge in [-0.15, -0.1) is 0 Å². The average molecular weight is 277 g/mol. The Morgan fingerprint density at radius 1 is 1.05 bits per heavy atom. The average Bonchev–Trinajstić information content (AvgIpc) is 2.41. The van der Waals surface area contributed by atoms with Gasteiger partial charge in [-0.1, -0.05) is 32.0 Å². The van der Waals surface area contributed by atoms with Crippen molar-refractivity contribution in [2.24, 2.45) is 0 Å². The number of nitrogens with one attached hydrogen (secondary N) is 1. The lowest BCUT2D eigenvalue weighted by molar-refractivity contribution is 0.430. The highest BCUT2D eigenvalue weighted by molar-refractivity contribution is 5.38. The molecule has 0 aliphatic heterocycles. The van der Waals surface area contributed by atoms with Gasteiger partial charge in [0.2, 0.25) is 0 Å². The summed E-state index contributed by atoms with van der Waals surface area (Å²) < 4.78 is 32.0. The lowest BCUT2D eigenvalue weighted by atomic mass is 10.2. The van der Waals surface area contributed by atoms with Crippen molar-refractivity contribution in [3.05, 3.63) is 59.7 Å². The van der Waals surface area contributed by atoms with Crippen molar-refractivity contribution in [3.8, 4) is 11.5 Å². The first-order valence-electron chi connectivity index (χ1n) is 6.50. The minimum atomic E-state index is -0.711. The summed E-state index contributed by atoms with van der Waals surface area (Å²) in [6.07, 6.45) is 0. The molecule has 106 valence electrons. The summed E-state index contributed by atoms with van der Waals surface area (Å²) >= 11 is 0. The standard InChI is InChI=1S/C16H17F2NO/c1-11(2)19-10-12-5-3-4-6-15(12)20-16-8-7-13(17)9-14(16)18/h3-9,11,19H,10H2,1-2H3. The van der Waals surface area contributed by atoms with Crippen molar-refractivity contribution in [2.75, 3.05) is 0 Å². The molecule has 0 aliphatic carbocycles. The van der Waals surface area contributed by atoms with E-state index >= 15 is 0 Å². The van der Waals surface area contributed by atoms with Crippen LogP contribution in [-0.4, -0.2) is 6.04 Å². The molecule has 20 heavy (non-hydrogen) atoms. The van der Waals surface area contributed by atoms with E-state index in [1.54, 1.807) is 6.07 Å². The third-order valence-corrected chi connectivity index (χ3v) is 2.79. The van der Waals surface area contributed by atoms with Crippen molar-refractivity contribution in [1.82, 2.24) is 5.32 Å². The van der Waals surface area contributed by atoms with E-state index in [0.717, 1.165) is 11.6 Å². The molecule has 0 radical (unpaired) electrons. The first-order valence-corrected chi connectivity index (χ1v) is 6.50. The number of halogens is 2. The van der Waals surface area contributed by atoms with Gasteiger partial charge in [0.25, 0.3) is 0 Å². The van der Waals surface area contributed by atoms with Crippen molar-refractivity contribution in [1.29, 1.82) is 0 Å². The highest BCUT2D eigenvalue weighted by atomic mass is 19.1. The third kappa shape index (κ3) is 3.78. The molecule has 2 aromatic carbocycles. The summed E-state index contributed by atoms with van der Waals surface area (Å²) in [6.45, 7) is 4.71. The van der Waals surface area contributed by atoms with E-state index in [1.165, 1.54) is 12.1 Å². The van der Waals surface area contributed by atoms with Crippen LogP contribution < -0.4 is 10.1 Å². The van der Waals surface area contributed by atoms with Crippen LogP contribution in [0.3, 0.4) is 0 Å². The number of rotatable bonds is 5. The number of ether oxygens (including phenoxy) is 1. The first-order chi connectivity index (χ1) is 9.56. The molecule has 0 amide bonds. The summed E-state index contributed by atoms with van der Waals surface area (Å²) in [4.78, 5) is 0. The lowest BCUT2D eigenvalue weighted by Crippen LogP contribution is -2.22. The Balaban J connectivity index is 2.20. The smallest absolute Gasteiger partial charge is 0.168 e. The maximum atomic E-state index is 13.6. The van der Waals surface area contributed by atoms with E-state index in [0.29, 0.717) is 18.3 Å². The molecule has 0 bridgehead atoms. The van der Waals surface area contributed by atoms with Crippen LogP contribution in [-0.2, 0) is 6.54 Å². The minimum Gasteiger partial charge on any atom is -0.454 e. The molecule has 0 aliphatic rings. The number of hydrogen-bond donors (Lipinski definition) is 1. The molecule has 2 aromatic rings. The Morgan fingerprint density at radius 3 is 2.50 bits per heavy atom. The van der Waals surface area contributed by atoms with Crippen molar-refractivity contribution < 1.29 is 13.5 Å². The summed E-state index contributed by atoms with van der Waals surface area (Å²) in [5.41, 5.74) is 0.921. The minimum absolute atomic E-state index is 0.0170. The number of para-hydroxylation sites is 1. The van der Waals surface area contributed by atoms with E-state index in [9.17, 15) is 8.78 Å². The zero-order valence-corrected chi connectivity index (χ0v) is 11.5. The fourth-order valence-electron chi connectivity index (χ4n) is 1.74. The van der Waals surface area contributed by atoms with Gasteiger partial charge in [0.05, 0.1) is 0 Å². The van der Waals surface area contributed by atoms with Gasteiger partial charge in [0.15, 0.2) is 11.6 Å². The second-order valence-corrected chi connectivity index (χ2v) is 4.82. The molecule has 0 unspecified atom stereocenters. The molecule has 4 heteroatoms. The predicted molar refractivity (Wildman–Crippen MR) is 74.8 cm³/mol. The summed E-state index contributed by atoms with van der Waals surface area (Å²) in [7, 11) is 0. The molecule has 0 aromatic heterocycles. The Bertz CT molecular complexity index is 584. The summed E-state index contributed by atoms with van der Waals surface area (Å²) in [5, 5.41) is 3.28. The van der Waals surface area contributed by atoms with Gasteiger partial charge in [-0.3, -0.25) is 0 Å². The fourth-order valence-corrected chi connectivity index (χ4v) is 1.74. The Kier molecular flexibility index (Phi) is 4.69. The van der Waals surface area contributed by atoms with Gasteiger partial charge in [-0.2, -0.15) is 0 Å². The third-order valence-electron chi connectivity index (χ3n) is 2.79. The van der Waals surface area contributed by atoms with Crippen LogP contribution in [0.1, 0.15) is 19.4 Å². The molecule has 0 saturated heterocycles. The quantitative estimate of drug-likeness (QED) is 0.882. The van der Waals surface area contributed by atoms with Gasteiger partial charge >= 0.3 is 0 Å². The fraction of sp³-hybridized carbons (Fsp3) is 0.250. The van der Waals surface area contributed by atoms with Gasteiger partial charge in [0.1, 0.15) is 11.6 Å². The first kappa shape index (κ1) is 14.5. The van der Waals surface area contributed by atoms with Crippen LogP contribution in [0.15, 0.2) is 42.5 Å². The van der Waals surface area contributed by atoms with Crippen LogP contribution >= 0.6 is 0 Å². The maximum Gasteiger partial charge on any atom is 0.168 e. The zero-order valence-electron chi connectivity index (χ0n) is 11.5. The molecule has 2 rings (SSSR count). The van der Waals surface area contributed by atoms with Gasteiger partial charge in [-0.25, -0.2) is 8.78 Å². The predicted octanol–water partition coefficient (Wildman–Crippen LogP) is 4.26. The monoisotopic (exact) mass is 277 g/mol. The lowest BCUT2D eigenvalue weighted by Gasteiger charge is -2.13. The van der Waals surface area contributed by atoms with Crippen LogP contribution in [0.2, 0.25) is 0 Å². The molecule has 0 spiro atoms. The summed E-state index contributed by atoms with van der Waals surface area (Å²) in [5.74, 6) is -0.754. The van der Waals surface area contributed by atoms with E-state index in [2.05, 4.69) is 5.32 Å². The molecule has 0 heterocycles. The van der Waals surface area contributed by atoms with Crippen LogP contribution in [0, 0.1) is 11.6 Å². The van der Waals surface area contributed by atoms with Crippen LogP contribution in [0.25, 0.3) is 0 Å². The van der Waals surface area contributed by atoms with Crippen LogP contribution in [0.5, 0.6) is 11.5 Å². The Labute approximate surface area is 117 Å². The Hall–Kier alpha value is -1.94. The van der Waals surface area contributed by atoms with Gasteiger partial charge in [0, 0.05) is 24.2 Å². The molecule has 0 fully saturated rings. The number of hydrogen-bond acceptors (Lipinski definition) is 2. The van der Waals surface area contributed by atoms with E-state index in [-0.39, 0.29) is 5.75 Å². The van der Waals surface area contributed by atoms with E-state index in [4.69, 9.17) is 4.74 Å². The molecular formula is C16H17F2NO. The molecule has 2 nitrogen and oxygen atoms in total. The van der Waals surface area contributed by atoms with Crippen molar-refractivity contribution in [3.63, 3.8) is 0 Å². The molecular weight excluding hydrogens is 260 g/mol. The number of benzene rings is 2. The van der Waals surface area contributed by atoms with Crippen LogP contribution in [0.4, 0.5) is 8.78 Å². The van der Waals surface area contributed by atoms with Crippen molar-refractivity contribution in [2.45, 2.75) is 26.4 Å². The zero-order chi connectivity index (χ0) is 14.5. The summed E-state index contributed by atoms with van der Waals surface area (Å²) in [6, 6.07) is 11.0. The largest absolute Gasteiger partial charge is 0.454 e. The van der Waals surface area contributed by atoms with Gasteiger partial charge in [-0.05, 0) is 18.2 Å². The molecule has 0 atom stereocenters. The van der Waals surface area contributed by atoms with Gasteiger partial charge < -0.3 is 10.1 Å². The second kappa shape index (κ2) is 6.48. The normalized spacial score (nSPS) is 10.8. The maximum absolute atomic E-state index is 13.6. The molecule has 0 saturated carbocycles. The highest BCUT2D eigenvalue weighted by Crippen LogP contribution is 2.27. The highest BCUT2D eigenvalue weighted by Gasteiger charge is 2.09. The van der Waals surface area contributed by atoms with E-state index < -0.39 is 11.6 Å².